The third-order valence-electron chi connectivity index (χ3n) is 1.97. The minimum absolute atomic E-state index is 0.0457. The van der Waals surface area contributed by atoms with Crippen molar-refractivity contribution in [2.75, 3.05) is 0 Å². The number of hydrogen-bond acceptors (Lipinski definition) is 4. The molecule has 0 heterocycles. The average Bonchev–Trinajstić information content (AvgIpc) is 2.27. The van der Waals surface area contributed by atoms with E-state index in [0.29, 0.717) is 0 Å². The molecule has 1 aromatic rings. The second kappa shape index (κ2) is 5.23. The molecule has 0 aliphatic carbocycles. The van der Waals surface area contributed by atoms with E-state index in [1.165, 1.54) is 6.07 Å². The van der Waals surface area contributed by atoms with Crippen molar-refractivity contribution in [2.45, 2.75) is 13.2 Å². The van der Waals surface area contributed by atoms with Crippen LogP contribution in [0.5, 0.6) is 5.75 Å². The van der Waals surface area contributed by atoms with Crippen LogP contribution < -0.4 is 4.74 Å². The van der Waals surface area contributed by atoms with Crippen molar-refractivity contribution in [2.24, 2.45) is 0 Å². The normalized spacial score (nSPS) is 10.1. The van der Waals surface area contributed by atoms with Crippen LogP contribution in [0, 0.1) is 11.3 Å². The molecule has 7 heteroatoms. The molecule has 2 N–H and O–H groups in total. The van der Waals surface area contributed by atoms with E-state index in [2.05, 4.69) is 4.74 Å². The number of benzene rings is 1. The van der Waals surface area contributed by atoms with Crippen molar-refractivity contribution in [1.82, 2.24) is 0 Å². The number of nitriles is 1. The Labute approximate surface area is 94.5 Å². The highest BCUT2D eigenvalue weighted by molar-refractivity contribution is 5.93. The Morgan fingerprint density at radius 3 is 2.59 bits per heavy atom. The quantitative estimate of drug-likeness (QED) is 0.832. The van der Waals surface area contributed by atoms with Crippen LogP contribution in [0.3, 0.4) is 0 Å². The summed E-state index contributed by atoms with van der Waals surface area (Å²) >= 11 is 0. The maximum atomic E-state index is 12.0. The van der Waals surface area contributed by atoms with Crippen molar-refractivity contribution in [3.63, 3.8) is 0 Å². The van der Waals surface area contributed by atoms with Gasteiger partial charge in [-0.05, 0) is 11.6 Å². The van der Waals surface area contributed by atoms with Gasteiger partial charge in [0.05, 0.1) is 12.2 Å². The molecule has 0 saturated carbocycles. The molecule has 1 aromatic carbocycles. The van der Waals surface area contributed by atoms with E-state index in [-0.39, 0.29) is 5.56 Å². The summed E-state index contributed by atoms with van der Waals surface area (Å²) < 4.78 is 28.1. The summed E-state index contributed by atoms with van der Waals surface area (Å²) in [5, 5.41) is 26.5. The SMILES string of the molecule is N#Cc1c(OC(F)F)ccc(CO)c1C(=O)O. The molecule has 0 bridgehead atoms. The smallest absolute Gasteiger partial charge is 0.387 e. The first-order chi connectivity index (χ1) is 8.01. The van der Waals surface area contributed by atoms with Crippen LogP contribution in [-0.4, -0.2) is 22.8 Å². The zero-order valence-corrected chi connectivity index (χ0v) is 8.35. The van der Waals surface area contributed by atoms with Crippen LogP contribution >= 0.6 is 0 Å². The third-order valence-corrected chi connectivity index (χ3v) is 1.97. The molecule has 0 saturated heterocycles. The van der Waals surface area contributed by atoms with Gasteiger partial charge in [-0.25, -0.2) is 4.79 Å². The van der Waals surface area contributed by atoms with Gasteiger partial charge in [-0.3, -0.25) is 0 Å². The molecule has 5 nitrogen and oxygen atoms in total. The van der Waals surface area contributed by atoms with Gasteiger partial charge in [-0.2, -0.15) is 14.0 Å². The summed E-state index contributed by atoms with van der Waals surface area (Å²) in [5.74, 6) is -2.03. The lowest BCUT2D eigenvalue weighted by molar-refractivity contribution is -0.0501. The van der Waals surface area contributed by atoms with Crippen molar-refractivity contribution in [1.29, 1.82) is 5.26 Å². The lowest BCUT2D eigenvalue weighted by atomic mass is 10.0. The summed E-state index contributed by atoms with van der Waals surface area (Å²) in [6.45, 7) is -3.78. The van der Waals surface area contributed by atoms with Gasteiger partial charge in [0.1, 0.15) is 17.4 Å². The minimum atomic E-state index is -3.16. The summed E-state index contributed by atoms with van der Waals surface area (Å²) in [6, 6.07) is 3.60. The molecular formula is C10H7F2NO4. The fourth-order valence-electron chi connectivity index (χ4n) is 1.31. The number of hydrogen-bond donors (Lipinski definition) is 2. The first-order valence-corrected chi connectivity index (χ1v) is 4.36. The Hall–Kier alpha value is -2.20. The summed E-state index contributed by atoms with van der Waals surface area (Å²) in [7, 11) is 0. The van der Waals surface area contributed by atoms with Crippen LogP contribution in [-0.2, 0) is 6.61 Å². The predicted molar refractivity (Wildman–Crippen MR) is 50.7 cm³/mol. The number of alkyl halides is 2. The fraction of sp³-hybridized carbons (Fsp3) is 0.200. The van der Waals surface area contributed by atoms with E-state index < -0.39 is 36.1 Å². The summed E-state index contributed by atoms with van der Waals surface area (Å²) in [5.41, 5.74) is -1.12. The molecule has 0 amide bonds. The van der Waals surface area contributed by atoms with Crippen molar-refractivity contribution in [3.05, 3.63) is 28.8 Å². The first-order valence-electron chi connectivity index (χ1n) is 4.36. The molecule has 1 rings (SSSR count). The summed E-state index contributed by atoms with van der Waals surface area (Å²) in [6.07, 6.45) is 0. The van der Waals surface area contributed by atoms with E-state index >= 15 is 0 Å². The Bertz CT molecular complexity index is 482. The minimum Gasteiger partial charge on any atom is -0.478 e. The van der Waals surface area contributed by atoms with Crippen LogP contribution in [0.4, 0.5) is 8.78 Å². The van der Waals surface area contributed by atoms with Crippen LogP contribution in [0.2, 0.25) is 0 Å². The van der Waals surface area contributed by atoms with E-state index in [1.807, 2.05) is 0 Å². The molecule has 0 unspecified atom stereocenters. The molecule has 0 radical (unpaired) electrons. The number of carboxylic acids is 1. The van der Waals surface area contributed by atoms with Gasteiger partial charge in [0, 0.05) is 0 Å². The number of ether oxygens (including phenoxy) is 1. The molecule has 0 aliphatic rings. The number of carbonyl (C=O) groups is 1. The number of aliphatic hydroxyl groups excluding tert-OH is 1. The maximum Gasteiger partial charge on any atom is 0.387 e. The molecule has 0 spiro atoms. The van der Waals surface area contributed by atoms with Gasteiger partial charge in [0.2, 0.25) is 0 Å². The van der Waals surface area contributed by atoms with Crippen molar-refractivity contribution < 1.29 is 28.5 Å². The zero-order chi connectivity index (χ0) is 13.0. The maximum absolute atomic E-state index is 12.0. The topological polar surface area (TPSA) is 90.5 Å². The molecular weight excluding hydrogens is 236 g/mol. The second-order valence-corrected chi connectivity index (χ2v) is 2.93. The van der Waals surface area contributed by atoms with Crippen molar-refractivity contribution in [3.8, 4) is 11.8 Å². The van der Waals surface area contributed by atoms with E-state index in [4.69, 9.17) is 15.5 Å². The predicted octanol–water partition coefficient (Wildman–Crippen LogP) is 1.35. The molecule has 0 fully saturated rings. The number of carboxylic acid groups (broad SMARTS) is 1. The van der Waals surface area contributed by atoms with Gasteiger partial charge in [0.25, 0.3) is 0 Å². The van der Waals surface area contributed by atoms with Crippen LogP contribution in [0.15, 0.2) is 12.1 Å². The zero-order valence-electron chi connectivity index (χ0n) is 8.35. The Morgan fingerprint density at radius 2 is 2.18 bits per heavy atom. The van der Waals surface area contributed by atoms with E-state index in [9.17, 15) is 13.6 Å². The monoisotopic (exact) mass is 243 g/mol. The second-order valence-electron chi connectivity index (χ2n) is 2.93. The molecule has 0 atom stereocenters. The highest BCUT2D eigenvalue weighted by Gasteiger charge is 2.21. The number of nitrogens with zero attached hydrogens (tertiary/aromatic N) is 1. The standard InChI is InChI=1S/C10H7F2NO4/c11-10(12)17-7-2-1-5(4-14)8(9(15)16)6(7)3-13/h1-2,10,14H,4H2,(H,15,16). The van der Waals surface area contributed by atoms with Crippen LogP contribution in [0.25, 0.3) is 0 Å². The number of rotatable bonds is 4. The van der Waals surface area contributed by atoms with Crippen LogP contribution in [0.1, 0.15) is 21.5 Å². The van der Waals surface area contributed by atoms with Gasteiger partial charge in [0.15, 0.2) is 0 Å². The molecule has 0 aliphatic heterocycles. The number of aliphatic hydroxyl groups is 1. The molecule has 17 heavy (non-hydrogen) atoms. The molecule has 90 valence electrons. The van der Waals surface area contributed by atoms with Crippen molar-refractivity contribution >= 4 is 5.97 Å². The third kappa shape index (κ3) is 2.68. The number of aromatic carboxylic acids is 1. The van der Waals surface area contributed by atoms with E-state index in [0.717, 1.165) is 12.1 Å². The van der Waals surface area contributed by atoms with E-state index in [1.54, 1.807) is 0 Å². The highest BCUT2D eigenvalue weighted by atomic mass is 19.3. The molecule has 0 aromatic heterocycles. The largest absolute Gasteiger partial charge is 0.478 e. The highest BCUT2D eigenvalue weighted by Crippen LogP contribution is 2.26. The number of halogens is 2. The first kappa shape index (κ1) is 12.9. The Balaban J connectivity index is 3.42. The fourth-order valence-corrected chi connectivity index (χ4v) is 1.31. The lowest BCUT2D eigenvalue weighted by Crippen LogP contribution is -2.10. The van der Waals surface area contributed by atoms with Gasteiger partial charge < -0.3 is 14.9 Å². The van der Waals surface area contributed by atoms with Gasteiger partial charge in [-0.15, -0.1) is 0 Å². The lowest BCUT2D eigenvalue weighted by Gasteiger charge is -2.10. The summed E-state index contributed by atoms with van der Waals surface area (Å²) in [4.78, 5) is 10.9. The average molecular weight is 243 g/mol. The van der Waals surface area contributed by atoms with Gasteiger partial charge >= 0.3 is 12.6 Å². The van der Waals surface area contributed by atoms with Gasteiger partial charge in [-0.1, -0.05) is 6.07 Å². The Kier molecular flexibility index (Phi) is 3.96. The Morgan fingerprint density at radius 1 is 1.53 bits per heavy atom.